The number of aliphatic hydroxyl groups is 1. The van der Waals surface area contributed by atoms with Crippen molar-refractivity contribution in [2.45, 2.75) is 90.6 Å². The first-order chi connectivity index (χ1) is 25.4. The molecule has 0 atom stereocenters. The van der Waals surface area contributed by atoms with Crippen LogP contribution in [0.1, 0.15) is 76.5 Å². The minimum Gasteiger partial charge on any atom is -0.435 e. The molecular formula is C39H46F2N4O6S2. The van der Waals surface area contributed by atoms with E-state index < -0.39 is 22.5 Å². The number of hydrogen-bond acceptors (Lipinski definition) is 9. The number of carbonyl (C=O) groups excluding carboxylic acids is 1. The summed E-state index contributed by atoms with van der Waals surface area (Å²) in [5, 5.41) is 16.1. The van der Waals surface area contributed by atoms with E-state index in [0.29, 0.717) is 17.5 Å². The Morgan fingerprint density at radius 2 is 1.51 bits per heavy atom. The number of nitrogens with zero attached hydrogens (tertiary/aromatic N) is 2. The number of benzene rings is 3. The fraction of sp³-hybridized carbons (Fsp3) is 0.385. The summed E-state index contributed by atoms with van der Waals surface area (Å²) in [6.07, 6.45) is 4.55. The fourth-order valence-corrected chi connectivity index (χ4v) is 8.99. The molecule has 3 aromatic carbocycles. The molecule has 1 saturated carbocycles. The number of hydrogen-bond donors (Lipinski definition) is 3. The minimum atomic E-state index is -3.98. The average Bonchev–Trinajstić information content (AvgIpc) is 3.57. The number of unbranched alkanes of at least 4 members (excludes halogenated alkanes) is 1. The van der Waals surface area contributed by atoms with E-state index in [0.717, 1.165) is 52.5 Å². The number of aliphatic hydroxyl groups excluding tert-OH is 1. The first-order valence-corrected chi connectivity index (χ1v) is 20.0. The van der Waals surface area contributed by atoms with Gasteiger partial charge in [-0.25, -0.2) is 12.7 Å². The van der Waals surface area contributed by atoms with E-state index in [1.807, 2.05) is 55.1 Å². The topological polar surface area (TPSA) is 130 Å². The third-order valence-electron chi connectivity index (χ3n) is 8.96. The van der Waals surface area contributed by atoms with Gasteiger partial charge in [0.15, 0.2) is 0 Å². The van der Waals surface area contributed by atoms with E-state index in [2.05, 4.69) is 15.4 Å². The molecule has 1 fully saturated rings. The Bertz CT molecular complexity index is 2010. The molecule has 14 heteroatoms. The number of anilines is 1. The van der Waals surface area contributed by atoms with Gasteiger partial charge in [-0.3, -0.25) is 13.5 Å². The third-order valence-corrected chi connectivity index (χ3v) is 12.3. The molecule has 2 aliphatic rings. The van der Waals surface area contributed by atoms with Gasteiger partial charge in [-0.1, -0.05) is 97.7 Å². The zero-order chi connectivity index (χ0) is 38.1. The van der Waals surface area contributed by atoms with Crippen LogP contribution in [-0.2, 0) is 21.4 Å². The number of alkyl halides is 2. The molecule has 1 aromatic heterocycles. The predicted molar refractivity (Wildman–Crippen MR) is 205 cm³/mol. The lowest BCUT2D eigenvalue weighted by atomic mass is 9.93. The maximum absolute atomic E-state index is 13.1. The number of sulfonamides is 1. The van der Waals surface area contributed by atoms with Gasteiger partial charge in [0.05, 0.1) is 11.0 Å². The van der Waals surface area contributed by atoms with Gasteiger partial charge in [0, 0.05) is 25.2 Å². The Labute approximate surface area is 313 Å². The zero-order valence-electron chi connectivity index (χ0n) is 30.0. The highest BCUT2D eigenvalue weighted by Gasteiger charge is 2.44. The van der Waals surface area contributed by atoms with Crippen LogP contribution in [0.25, 0.3) is 15.3 Å². The van der Waals surface area contributed by atoms with E-state index in [1.54, 1.807) is 42.5 Å². The molecule has 2 heterocycles. The van der Waals surface area contributed by atoms with Crippen LogP contribution in [0.15, 0.2) is 95.4 Å². The summed E-state index contributed by atoms with van der Waals surface area (Å²) in [6.45, 7) is 3.32. The number of carbonyl (C=O) groups is 1. The molecule has 0 saturated heterocycles. The molecule has 0 bridgehead atoms. The highest BCUT2D eigenvalue weighted by molar-refractivity contribution is 7.99. The van der Waals surface area contributed by atoms with Crippen LogP contribution >= 0.6 is 11.5 Å². The second-order valence-corrected chi connectivity index (χ2v) is 16.0. The van der Waals surface area contributed by atoms with E-state index in [9.17, 15) is 31.9 Å². The standard InChI is InChI=1S/C21H22F2N2O4S.C18H24N2O2S/c1-2-3-13-25-20(26)18(19(30(25,27)28)16-7-5-4-6-8-16)24-14-15-9-11-17(12-10-15)29-21(22)23;1-12(2)20-18(22)16(19-14-8-10-15(21)11-9-14)17(23-20)13-6-4-3-5-7-13/h4-12,21,24H,2-3,13-14H2,1H3;3-7,12,14-15,19,21H,8-11H2,1-2H3/t;14-,15-. The van der Waals surface area contributed by atoms with Gasteiger partial charge >= 0.3 is 6.61 Å². The molecule has 0 radical (unpaired) electrons. The molecule has 6 rings (SSSR count). The fourth-order valence-electron chi connectivity index (χ4n) is 6.18. The van der Waals surface area contributed by atoms with Crippen LogP contribution in [0.4, 0.5) is 14.5 Å². The van der Waals surface area contributed by atoms with Crippen LogP contribution in [0.5, 0.6) is 5.75 Å². The van der Waals surface area contributed by atoms with E-state index in [-0.39, 0.29) is 53.2 Å². The highest BCUT2D eigenvalue weighted by Crippen LogP contribution is 2.36. The van der Waals surface area contributed by atoms with Gasteiger partial charge in [0.1, 0.15) is 22.0 Å². The largest absolute Gasteiger partial charge is 0.435 e. The summed E-state index contributed by atoms with van der Waals surface area (Å²) in [7, 11) is -3.98. The summed E-state index contributed by atoms with van der Waals surface area (Å²) in [6, 6.07) is 24.9. The Balaban J connectivity index is 0.000000211. The Morgan fingerprint density at radius 1 is 0.906 bits per heavy atom. The van der Waals surface area contributed by atoms with Crippen LogP contribution in [-0.4, -0.2) is 53.0 Å². The lowest BCUT2D eigenvalue weighted by molar-refractivity contribution is -0.122. The Hall–Kier alpha value is -4.53. The third kappa shape index (κ3) is 9.72. The van der Waals surface area contributed by atoms with E-state index in [4.69, 9.17) is 0 Å². The first kappa shape index (κ1) is 39.7. The van der Waals surface area contributed by atoms with Crippen molar-refractivity contribution in [3.8, 4) is 16.2 Å². The Kier molecular flexibility index (Phi) is 13.5. The number of rotatable bonds is 13. The quantitative estimate of drug-likeness (QED) is 0.127. The molecule has 53 heavy (non-hydrogen) atoms. The maximum Gasteiger partial charge on any atom is 0.387 e. The van der Waals surface area contributed by atoms with Crippen molar-refractivity contribution in [2.75, 3.05) is 11.9 Å². The lowest BCUT2D eigenvalue weighted by Crippen LogP contribution is -2.34. The van der Waals surface area contributed by atoms with Crippen LogP contribution < -0.4 is 20.9 Å². The SMILES string of the molecule is CC(C)n1sc(-c2ccccc2)c(N[C@H]2CC[C@H](O)CC2)c1=O.CCCCN1C(=O)C(NCc2ccc(OC(F)F)cc2)=C(c2ccccc2)S1(=O)=O. The number of nitrogens with one attached hydrogen (secondary N) is 2. The number of aromatic nitrogens is 1. The lowest BCUT2D eigenvalue weighted by Gasteiger charge is -2.26. The van der Waals surface area contributed by atoms with Crippen LogP contribution in [0, 0.1) is 0 Å². The highest BCUT2D eigenvalue weighted by atomic mass is 32.2. The van der Waals surface area contributed by atoms with E-state index in [1.165, 1.54) is 23.7 Å². The summed E-state index contributed by atoms with van der Waals surface area (Å²) < 4.78 is 57.8. The van der Waals surface area contributed by atoms with Gasteiger partial charge in [0.2, 0.25) is 0 Å². The van der Waals surface area contributed by atoms with Crippen LogP contribution in [0.2, 0.25) is 0 Å². The van der Waals surface area contributed by atoms with Gasteiger partial charge in [0.25, 0.3) is 21.5 Å². The number of halogens is 2. The van der Waals surface area contributed by atoms with Crippen LogP contribution in [0.3, 0.4) is 0 Å². The van der Waals surface area contributed by atoms with E-state index >= 15 is 0 Å². The molecule has 10 nitrogen and oxygen atoms in total. The van der Waals surface area contributed by atoms with Crippen molar-refractivity contribution in [1.82, 2.24) is 13.6 Å². The maximum atomic E-state index is 13.1. The molecule has 1 aliphatic heterocycles. The molecule has 3 N–H and O–H groups in total. The summed E-state index contributed by atoms with van der Waals surface area (Å²) in [4.78, 5) is 26.7. The second-order valence-electron chi connectivity index (χ2n) is 13.2. The minimum absolute atomic E-state index is 0.00482. The second kappa shape index (κ2) is 18.0. The molecule has 1 aliphatic carbocycles. The zero-order valence-corrected chi connectivity index (χ0v) is 31.6. The molecule has 0 unspecified atom stereocenters. The summed E-state index contributed by atoms with van der Waals surface area (Å²) >= 11 is 1.53. The predicted octanol–water partition coefficient (Wildman–Crippen LogP) is 7.59. The molecule has 1 amide bonds. The molecule has 0 spiro atoms. The molecule has 284 valence electrons. The van der Waals surface area contributed by atoms with Gasteiger partial charge in [-0.05, 0) is 74.8 Å². The van der Waals surface area contributed by atoms with Gasteiger partial charge in [-0.2, -0.15) is 8.78 Å². The van der Waals surface area contributed by atoms with Crippen molar-refractivity contribution < 1.29 is 31.8 Å². The monoisotopic (exact) mass is 768 g/mol. The van der Waals surface area contributed by atoms with Crippen molar-refractivity contribution >= 4 is 38.1 Å². The first-order valence-electron chi connectivity index (χ1n) is 17.8. The molecule has 4 aromatic rings. The van der Waals surface area contributed by atoms with Crippen molar-refractivity contribution in [3.63, 3.8) is 0 Å². The Morgan fingerprint density at radius 3 is 2.08 bits per heavy atom. The average molecular weight is 769 g/mol. The number of ether oxygens (including phenoxy) is 1. The summed E-state index contributed by atoms with van der Waals surface area (Å²) in [5.41, 5.74) is 2.96. The van der Waals surface area contributed by atoms with Crippen molar-refractivity contribution in [3.05, 3.63) is 112 Å². The van der Waals surface area contributed by atoms with Gasteiger partial charge < -0.3 is 20.5 Å². The smallest absolute Gasteiger partial charge is 0.387 e. The van der Waals surface area contributed by atoms with Crippen molar-refractivity contribution in [2.24, 2.45) is 0 Å². The summed E-state index contributed by atoms with van der Waals surface area (Å²) in [5.74, 6) is -0.580. The normalized spacial score (nSPS) is 18.3. The van der Waals surface area contributed by atoms with Gasteiger partial charge in [-0.15, -0.1) is 0 Å². The van der Waals surface area contributed by atoms with Crippen molar-refractivity contribution in [1.29, 1.82) is 0 Å². The molecular weight excluding hydrogens is 723 g/mol. The number of amides is 1.